The third-order valence-corrected chi connectivity index (χ3v) is 4.59. The summed E-state index contributed by atoms with van der Waals surface area (Å²) >= 11 is 0. The zero-order valence-corrected chi connectivity index (χ0v) is 13.5. The predicted molar refractivity (Wildman–Crippen MR) is 91.2 cm³/mol. The molecule has 1 aromatic carbocycles. The van der Waals surface area contributed by atoms with Crippen LogP contribution in [0, 0.1) is 0 Å². The Kier molecular flexibility index (Phi) is 3.72. The summed E-state index contributed by atoms with van der Waals surface area (Å²) in [7, 11) is 0. The zero-order chi connectivity index (χ0) is 17.4. The first kappa shape index (κ1) is 15.4. The lowest BCUT2D eigenvalue weighted by Gasteiger charge is -2.27. The van der Waals surface area contributed by atoms with E-state index < -0.39 is 0 Å². The van der Waals surface area contributed by atoms with Crippen LogP contribution in [0.1, 0.15) is 17.7 Å². The van der Waals surface area contributed by atoms with Gasteiger partial charge in [0, 0.05) is 25.1 Å². The number of imidazole rings is 1. The van der Waals surface area contributed by atoms with Crippen LogP contribution in [0.15, 0.2) is 40.2 Å². The van der Waals surface area contributed by atoms with Gasteiger partial charge in [-0.1, -0.05) is 12.1 Å². The smallest absolute Gasteiger partial charge is 0.326 e. The highest BCUT2D eigenvalue weighted by molar-refractivity contribution is 5.77. The number of carbonyl (C=O) groups excluding carboxylic acids is 1. The summed E-state index contributed by atoms with van der Waals surface area (Å²) in [4.78, 5) is 47.5. The number of hydrogen-bond acceptors (Lipinski definition) is 4. The molecule has 1 aliphatic rings. The number of aromatic amines is 2. The van der Waals surface area contributed by atoms with E-state index in [2.05, 4.69) is 15.0 Å². The number of aryl methyl sites for hydroxylation is 1. The van der Waals surface area contributed by atoms with Gasteiger partial charge in [-0.15, -0.1) is 0 Å². The van der Waals surface area contributed by atoms with Crippen LogP contribution in [0.4, 0.5) is 0 Å². The normalized spacial score (nSPS) is 13.8. The number of fused-ring (bicyclic) bond motifs is 2. The highest BCUT2D eigenvalue weighted by Crippen LogP contribution is 2.15. The summed E-state index contributed by atoms with van der Waals surface area (Å²) in [5.74, 6) is -0.0510. The molecule has 2 N–H and O–H groups in total. The number of amides is 1. The Morgan fingerprint density at radius 3 is 2.96 bits per heavy atom. The summed E-state index contributed by atoms with van der Waals surface area (Å²) in [5.41, 5.74) is 2.49. The molecule has 4 rings (SSSR count). The monoisotopic (exact) mass is 339 g/mol. The lowest BCUT2D eigenvalue weighted by molar-refractivity contribution is -0.132. The Hall–Kier alpha value is -3.16. The van der Waals surface area contributed by atoms with Gasteiger partial charge >= 0.3 is 5.69 Å². The number of benzene rings is 1. The van der Waals surface area contributed by atoms with Crippen molar-refractivity contribution >= 4 is 16.9 Å². The van der Waals surface area contributed by atoms with Crippen molar-refractivity contribution in [3.63, 3.8) is 0 Å². The van der Waals surface area contributed by atoms with Gasteiger partial charge in [0.05, 0.1) is 29.6 Å². The summed E-state index contributed by atoms with van der Waals surface area (Å²) < 4.78 is 1.58. The molecule has 8 nitrogen and oxygen atoms in total. The second-order valence-corrected chi connectivity index (χ2v) is 6.07. The van der Waals surface area contributed by atoms with Gasteiger partial charge < -0.3 is 14.9 Å². The number of rotatable bonds is 3. The molecule has 3 aromatic rings. The molecule has 0 spiro atoms. The van der Waals surface area contributed by atoms with Crippen molar-refractivity contribution in [1.29, 1.82) is 0 Å². The van der Waals surface area contributed by atoms with Crippen LogP contribution in [0.5, 0.6) is 0 Å². The minimum absolute atomic E-state index is 0.0510. The van der Waals surface area contributed by atoms with Crippen LogP contribution >= 0.6 is 0 Å². The van der Waals surface area contributed by atoms with Crippen LogP contribution < -0.4 is 11.2 Å². The third kappa shape index (κ3) is 2.75. The number of para-hydroxylation sites is 2. The summed E-state index contributed by atoms with van der Waals surface area (Å²) in [6.45, 7) is 1.14. The second kappa shape index (κ2) is 6.04. The van der Waals surface area contributed by atoms with E-state index in [0.717, 1.165) is 11.0 Å². The Morgan fingerprint density at radius 1 is 1.24 bits per heavy atom. The molecule has 3 heterocycles. The average Bonchev–Trinajstić information content (AvgIpc) is 2.94. The topological polar surface area (TPSA) is 104 Å². The number of nitrogens with one attached hydrogen (secondary N) is 2. The van der Waals surface area contributed by atoms with Gasteiger partial charge in [0.2, 0.25) is 5.91 Å². The molecule has 0 fully saturated rings. The summed E-state index contributed by atoms with van der Waals surface area (Å²) in [5, 5.41) is 0. The second-order valence-electron chi connectivity index (χ2n) is 6.07. The molecule has 1 amide bonds. The molecular weight excluding hydrogens is 322 g/mol. The minimum Gasteiger partial charge on any atom is -0.336 e. The van der Waals surface area contributed by atoms with Crippen LogP contribution in [-0.4, -0.2) is 36.9 Å². The average molecular weight is 339 g/mol. The van der Waals surface area contributed by atoms with Crippen LogP contribution in [0.3, 0.4) is 0 Å². The Labute approximate surface area is 142 Å². The van der Waals surface area contributed by atoms with Gasteiger partial charge in [0.1, 0.15) is 0 Å². The van der Waals surface area contributed by atoms with Crippen LogP contribution in [-0.2, 0) is 24.3 Å². The largest absolute Gasteiger partial charge is 0.336 e. The molecule has 0 unspecified atom stereocenters. The molecule has 0 aliphatic carbocycles. The first-order valence-electron chi connectivity index (χ1n) is 8.14. The van der Waals surface area contributed by atoms with Crippen molar-refractivity contribution in [3.05, 3.63) is 62.7 Å². The SMILES string of the molecule is O=C(CCn1c(=O)[nH]c2ccccc21)N1CCc2c(nc[nH]c2=O)C1. The number of hydrogen-bond donors (Lipinski definition) is 2. The van der Waals surface area contributed by atoms with Crippen LogP contribution in [0.25, 0.3) is 11.0 Å². The van der Waals surface area contributed by atoms with Crippen molar-refractivity contribution in [3.8, 4) is 0 Å². The van der Waals surface area contributed by atoms with Crippen molar-refractivity contribution in [2.75, 3.05) is 6.54 Å². The molecule has 0 bridgehead atoms. The maximum Gasteiger partial charge on any atom is 0.326 e. The number of aromatic nitrogens is 4. The Bertz CT molecular complexity index is 1060. The molecule has 0 radical (unpaired) electrons. The predicted octanol–water partition coefficient (Wildman–Crippen LogP) is 0.388. The fourth-order valence-electron chi connectivity index (χ4n) is 3.27. The molecule has 128 valence electrons. The van der Waals surface area contributed by atoms with E-state index in [1.807, 2.05) is 24.3 Å². The number of carbonyl (C=O) groups is 1. The van der Waals surface area contributed by atoms with Crippen molar-refractivity contribution in [1.82, 2.24) is 24.4 Å². The quantitative estimate of drug-likeness (QED) is 0.720. The van der Waals surface area contributed by atoms with E-state index in [9.17, 15) is 14.4 Å². The maximum absolute atomic E-state index is 12.5. The van der Waals surface area contributed by atoms with Gasteiger partial charge in [-0.25, -0.2) is 9.78 Å². The van der Waals surface area contributed by atoms with E-state index in [-0.39, 0.29) is 23.6 Å². The Balaban J connectivity index is 1.49. The lowest BCUT2D eigenvalue weighted by atomic mass is 10.1. The van der Waals surface area contributed by atoms with E-state index in [1.165, 1.54) is 6.33 Å². The Morgan fingerprint density at radius 2 is 2.08 bits per heavy atom. The number of nitrogens with zero attached hydrogens (tertiary/aromatic N) is 3. The van der Waals surface area contributed by atoms with Crippen LogP contribution in [0.2, 0.25) is 0 Å². The molecule has 1 aliphatic heterocycles. The highest BCUT2D eigenvalue weighted by atomic mass is 16.2. The van der Waals surface area contributed by atoms with E-state index in [4.69, 9.17) is 0 Å². The van der Waals surface area contributed by atoms with Gasteiger partial charge in [-0.05, 0) is 18.6 Å². The van der Waals surface area contributed by atoms with Gasteiger partial charge in [-0.3, -0.25) is 14.2 Å². The third-order valence-electron chi connectivity index (χ3n) is 4.59. The standard InChI is InChI=1S/C17H17N5O3/c23-15(21-7-5-11-13(9-21)18-10-19-16(11)24)6-8-22-14-4-2-1-3-12(14)20-17(22)25/h1-4,10H,5-9H2,(H,20,25)(H,18,19,24). The lowest BCUT2D eigenvalue weighted by Crippen LogP contribution is -2.39. The fourth-order valence-corrected chi connectivity index (χ4v) is 3.27. The summed E-state index contributed by atoms with van der Waals surface area (Å²) in [6.07, 6.45) is 2.08. The molecule has 8 heteroatoms. The summed E-state index contributed by atoms with van der Waals surface area (Å²) in [6, 6.07) is 7.40. The molecule has 25 heavy (non-hydrogen) atoms. The van der Waals surface area contributed by atoms with Gasteiger partial charge in [-0.2, -0.15) is 0 Å². The van der Waals surface area contributed by atoms with Crippen molar-refractivity contribution in [2.24, 2.45) is 0 Å². The molecule has 0 saturated carbocycles. The number of H-pyrrole nitrogens is 2. The van der Waals surface area contributed by atoms with Crippen molar-refractivity contribution in [2.45, 2.75) is 25.9 Å². The highest BCUT2D eigenvalue weighted by Gasteiger charge is 2.23. The van der Waals surface area contributed by atoms with E-state index >= 15 is 0 Å². The molecular formula is C17H17N5O3. The van der Waals surface area contributed by atoms with Gasteiger partial charge in [0.25, 0.3) is 5.56 Å². The minimum atomic E-state index is -0.216. The zero-order valence-electron chi connectivity index (χ0n) is 13.5. The first-order valence-corrected chi connectivity index (χ1v) is 8.14. The molecule has 0 saturated heterocycles. The molecule has 2 aromatic heterocycles. The fraction of sp³-hybridized carbons (Fsp3) is 0.294. The first-order chi connectivity index (χ1) is 12.1. The maximum atomic E-state index is 12.5. The van der Waals surface area contributed by atoms with E-state index in [1.54, 1.807) is 9.47 Å². The van der Waals surface area contributed by atoms with Crippen molar-refractivity contribution < 1.29 is 4.79 Å². The van der Waals surface area contributed by atoms with E-state index in [0.29, 0.717) is 37.3 Å². The van der Waals surface area contributed by atoms with Gasteiger partial charge in [0.15, 0.2) is 0 Å². The molecule has 0 atom stereocenters.